The molecule has 2 amide bonds. The Bertz CT molecular complexity index is 1660. The van der Waals surface area contributed by atoms with Crippen LogP contribution in [-0.4, -0.2) is 78.5 Å². The molecule has 0 saturated heterocycles. The summed E-state index contributed by atoms with van der Waals surface area (Å²) in [6.07, 6.45) is 8.63. The molecular weight excluding hydrogens is 828 g/mol. The number of hydrogen-bond donors (Lipinski definition) is 3. The van der Waals surface area contributed by atoms with Gasteiger partial charge in [-0.15, -0.1) is 0 Å². The van der Waals surface area contributed by atoms with Crippen LogP contribution in [0.2, 0.25) is 10.0 Å². The number of esters is 1. The molecule has 0 radical (unpaired) electrons. The van der Waals surface area contributed by atoms with Gasteiger partial charge in [-0.05, 0) is 56.4 Å². The predicted octanol–water partition coefficient (Wildman–Crippen LogP) is 10.0. The number of aliphatic hydroxyl groups is 1. The van der Waals surface area contributed by atoms with Gasteiger partial charge in [0.05, 0.1) is 34.9 Å². The first-order valence-electron chi connectivity index (χ1n) is 19.7. The normalized spacial score (nSPS) is 17.4. The van der Waals surface area contributed by atoms with Crippen LogP contribution >= 0.6 is 44.8 Å². The number of para-hydroxylation sites is 2. The van der Waals surface area contributed by atoms with E-state index in [9.17, 15) is 29.1 Å². The molecule has 0 spiro atoms. The van der Waals surface area contributed by atoms with Crippen LogP contribution in [-0.2, 0) is 39.8 Å². The lowest BCUT2D eigenvalue weighted by Crippen LogP contribution is -2.32. The van der Waals surface area contributed by atoms with E-state index in [1.807, 2.05) is 12.2 Å². The Kier molecular flexibility index (Phi) is 22.5. The maximum Gasteiger partial charge on any atom is 0.508 e. The number of ketones is 1. The number of benzene rings is 2. The van der Waals surface area contributed by atoms with E-state index in [1.165, 1.54) is 28.7 Å². The molecule has 12 nitrogen and oxygen atoms in total. The first-order chi connectivity index (χ1) is 27.8. The average molecular weight is 884 g/mol. The van der Waals surface area contributed by atoms with Crippen molar-refractivity contribution in [1.29, 1.82) is 0 Å². The highest BCUT2D eigenvalue weighted by molar-refractivity contribution is 8.76. The van der Waals surface area contributed by atoms with Crippen LogP contribution in [0.1, 0.15) is 90.0 Å². The van der Waals surface area contributed by atoms with Crippen LogP contribution in [0.3, 0.4) is 0 Å². The zero-order valence-electron chi connectivity index (χ0n) is 33.4. The molecule has 1 fully saturated rings. The molecule has 0 bridgehead atoms. The van der Waals surface area contributed by atoms with Gasteiger partial charge in [0.25, 0.3) is 0 Å². The third-order valence-corrected chi connectivity index (χ3v) is 12.5. The van der Waals surface area contributed by atoms with Gasteiger partial charge in [-0.1, -0.05) is 120 Å². The number of unbranched alkanes of at least 4 members (excludes halogenated alkanes) is 4. The van der Waals surface area contributed by atoms with Crippen molar-refractivity contribution in [2.75, 3.05) is 37.1 Å². The number of carbonyl (C=O) groups is 5. The third-order valence-electron chi connectivity index (χ3n) is 9.52. The molecule has 2 aromatic rings. The minimum Gasteiger partial charge on any atom is -0.469 e. The molecule has 16 heteroatoms. The Labute approximate surface area is 359 Å². The Morgan fingerprint density at radius 3 is 2.34 bits per heavy atom. The largest absolute Gasteiger partial charge is 0.508 e. The second kappa shape index (κ2) is 26.6. The molecule has 58 heavy (non-hydrogen) atoms. The standard InChI is InChI=1S/C42H56Cl2N2O10S2/c1-4-5-21-42(2,52)22-13-16-31-30(15-8-6-7-9-20-38(49)53-3)35(47)28-36(31)56-41(51)55-24-26-58-57-25-23-54-40(50)46-37(48)27-29-14-10-11-19-34(29)45-39-32(43)17-12-18-33(39)44/h10-14,16-19,30-31,36,45,52H,4-9,15,20-28H2,1-3H3,(H,46,48,50)/b16-13+/t30-,31-,36-,42?/m1/s1. The number of carbonyl (C=O) groups excluding carboxylic acids is 5. The minimum atomic E-state index is -0.867. The highest BCUT2D eigenvalue weighted by Crippen LogP contribution is 2.37. The zero-order valence-corrected chi connectivity index (χ0v) is 36.6. The highest BCUT2D eigenvalue weighted by Gasteiger charge is 2.43. The van der Waals surface area contributed by atoms with Crippen LogP contribution in [0.15, 0.2) is 54.6 Å². The lowest BCUT2D eigenvalue weighted by molar-refractivity contribution is -0.140. The quantitative estimate of drug-likeness (QED) is 0.0284. The summed E-state index contributed by atoms with van der Waals surface area (Å²) in [7, 11) is 4.19. The summed E-state index contributed by atoms with van der Waals surface area (Å²) in [6, 6.07) is 12.2. The fourth-order valence-corrected chi connectivity index (χ4v) is 8.58. The molecule has 4 atom stereocenters. The van der Waals surface area contributed by atoms with Gasteiger partial charge in [0.1, 0.15) is 25.1 Å². The van der Waals surface area contributed by atoms with Crippen molar-refractivity contribution in [3.8, 4) is 0 Å². The second-order valence-corrected chi connectivity index (χ2v) is 17.8. The minimum absolute atomic E-state index is 0.0324. The molecular formula is C42H56Cl2N2O10S2. The van der Waals surface area contributed by atoms with E-state index >= 15 is 0 Å². The SMILES string of the molecule is CCCCC(C)(O)C/C=C/[C@H]1[C@H](OC(=O)OCCSSCCOC(=O)NC(=O)Cc2ccccc2Nc2c(Cl)cccc2Cl)CC(=O)[C@@H]1CCCCCCC(=O)OC. The van der Waals surface area contributed by atoms with Crippen molar-refractivity contribution in [3.63, 3.8) is 0 Å². The highest BCUT2D eigenvalue weighted by atomic mass is 35.5. The van der Waals surface area contributed by atoms with Gasteiger partial charge in [-0.2, -0.15) is 0 Å². The van der Waals surface area contributed by atoms with Crippen LogP contribution in [0.25, 0.3) is 0 Å². The van der Waals surface area contributed by atoms with E-state index in [4.69, 9.17) is 42.1 Å². The maximum absolute atomic E-state index is 13.1. The second-order valence-electron chi connectivity index (χ2n) is 14.3. The predicted molar refractivity (Wildman–Crippen MR) is 231 cm³/mol. The Morgan fingerprint density at radius 2 is 1.64 bits per heavy atom. The Morgan fingerprint density at radius 1 is 0.948 bits per heavy atom. The number of Topliss-reactive ketones (excluding diaryl/α,β-unsaturated/α-hetero) is 1. The van der Waals surface area contributed by atoms with Gasteiger partial charge in [0.15, 0.2) is 0 Å². The summed E-state index contributed by atoms with van der Waals surface area (Å²) in [5.41, 5.74) is 0.877. The number of amides is 2. The Hall–Kier alpha value is -3.43. The average Bonchev–Trinajstić information content (AvgIpc) is 3.47. The van der Waals surface area contributed by atoms with Gasteiger partial charge in [0, 0.05) is 41.9 Å². The lowest BCUT2D eigenvalue weighted by Gasteiger charge is -2.23. The number of rotatable bonds is 25. The number of imide groups is 1. The molecule has 0 aromatic heterocycles. The zero-order chi connectivity index (χ0) is 42.3. The monoisotopic (exact) mass is 882 g/mol. The van der Waals surface area contributed by atoms with Crippen molar-refractivity contribution in [3.05, 3.63) is 70.2 Å². The first kappa shape index (κ1) is 48.9. The number of alkyl carbamates (subject to hydrolysis) is 1. The molecule has 2 aromatic carbocycles. The van der Waals surface area contributed by atoms with E-state index in [0.29, 0.717) is 64.2 Å². The lowest BCUT2D eigenvalue weighted by atomic mass is 9.87. The van der Waals surface area contributed by atoms with Gasteiger partial charge in [0.2, 0.25) is 5.91 Å². The van der Waals surface area contributed by atoms with Crippen molar-refractivity contribution in [1.82, 2.24) is 5.32 Å². The fraction of sp³-hybridized carbons (Fsp3) is 0.548. The van der Waals surface area contributed by atoms with E-state index in [0.717, 1.165) is 38.5 Å². The summed E-state index contributed by atoms with van der Waals surface area (Å²) in [6.45, 7) is 4.00. The van der Waals surface area contributed by atoms with Crippen molar-refractivity contribution in [2.24, 2.45) is 11.8 Å². The summed E-state index contributed by atoms with van der Waals surface area (Å²) in [4.78, 5) is 62.0. The van der Waals surface area contributed by atoms with Crippen LogP contribution in [0, 0.1) is 11.8 Å². The maximum atomic E-state index is 13.1. The van der Waals surface area contributed by atoms with Crippen LogP contribution in [0.5, 0.6) is 0 Å². The third kappa shape index (κ3) is 18.2. The van der Waals surface area contributed by atoms with E-state index in [1.54, 1.807) is 49.4 Å². The number of ether oxygens (including phenoxy) is 4. The molecule has 1 aliphatic rings. The van der Waals surface area contributed by atoms with Gasteiger partial charge in [-0.3, -0.25) is 19.7 Å². The summed E-state index contributed by atoms with van der Waals surface area (Å²) in [5, 5.41) is 17.0. The van der Waals surface area contributed by atoms with Crippen molar-refractivity contribution < 1.29 is 48.0 Å². The van der Waals surface area contributed by atoms with Gasteiger partial charge >= 0.3 is 18.2 Å². The van der Waals surface area contributed by atoms with Gasteiger partial charge < -0.3 is 29.4 Å². The summed E-state index contributed by atoms with van der Waals surface area (Å²) < 4.78 is 20.8. The summed E-state index contributed by atoms with van der Waals surface area (Å²) in [5.74, 6) is -0.526. The number of methoxy groups -OCH3 is 1. The van der Waals surface area contributed by atoms with Crippen LogP contribution < -0.4 is 10.6 Å². The molecule has 0 aliphatic heterocycles. The molecule has 1 aliphatic carbocycles. The molecule has 0 heterocycles. The first-order valence-corrected chi connectivity index (χ1v) is 22.9. The topological polar surface area (TPSA) is 167 Å². The fourth-order valence-electron chi connectivity index (χ4n) is 6.44. The molecule has 3 rings (SSSR count). The van der Waals surface area contributed by atoms with Crippen LogP contribution in [0.4, 0.5) is 21.0 Å². The molecule has 320 valence electrons. The van der Waals surface area contributed by atoms with Crippen molar-refractivity contribution in [2.45, 2.75) is 103 Å². The van der Waals surface area contributed by atoms with E-state index in [-0.39, 0.29) is 49.6 Å². The smallest absolute Gasteiger partial charge is 0.469 e. The molecule has 1 unspecified atom stereocenters. The summed E-state index contributed by atoms with van der Waals surface area (Å²) >= 11 is 12.6. The molecule has 1 saturated carbocycles. The van der Waals surface area contributed by atoms with Crippen molar-refractivity contribution >= 4 is 86.1 Å². The number of nitrogens with one attached hydrogen (secondary N) is 2. The number of anilines is 2. The van der Waals surface area contributed by atoms with E-state index in [2.05, 4.69) is 17.6 Å². The molecule has 3 N–H and O–H groups in total. The Balaban J connectivity index is 1.36. The van der Waals surface area contributed by atoms with E-state index < -0.39 is 29.9 Å². The number of halogens is 2. The van der Waals surface area contributed by atoms with Gasteiger partial charge in [-0.25, -0.2) is 9.59 Å². The number of hydrogen-bond acceptors (Lipinski definition) is 13.